The molecule has 0 atom stereocenters. The second-order valence-corrected chi connectivity index (χ2v) is 5.92. The van der Waals surface area contributed by atoms with Gasteiger partial charge >= 0.3 is 0 Å². The second-order valence-electron chi connectivity index (χ2n) is 5.52. The summed E-state index contributed by atoms with van der Waals surface area (Å²) >= 11 is 5.93. The van der Waals surface area contributed by atoms with Gasteiger partial charge in [0.15, 0.2) is 0 Å². The number of nitrogens with zero attached hydrogens (tertiary/aromatic N) is 1. The summed E-state index contributed by atoms with van der Waals surface area (Å²) in [5.41, 5.74) is 0. The molecule has 22 heavy (non-hydrogen) atoms. The molecule has 1 heterocycles. The average Bonchev–Trinajstić information content (AvgIpc) is 2.48. The van der Waals surface area contributed by atoms with E-state index in [4.69, 9.17) is 16.3 Å². The van der Waals surface area contributed by atoms with Crippen LogP contribution in [0.5, 0.6) is 5.75 Å². The lowest BCUT2D eigenvalue weighted by molar-refractivity contribution is 0.154. The van der Waals surface area contributed by atoms with Crippen LogP contribution in [0.2, 0.25) is 5.02 Å². The lowest BCUT2D eigenvalue weighted by Gasteiger charge is -2.31. The molecule has 1 aliphatic rings. The van der Waals surface area contributed by atoms with Crippen LogP contribution in [-0.4, -0.2) is 44.2 Å². The van der Waals surface area contributed by atoms with Crippen molar-refractivity contribution in [3.8, 4) is 5.75 Å². The van der Waals surface area contributed by atoms with Crippen LogP contribution >= 0.6 is 24.0 Å². The quantitative estimate of drug-likeness (QED) is 0.812. The fraction of sp³-hybridized carbons (Fsp3) is 0.625. The highest BCUT2D eigenvalue weighted by atomic mass is 35.5. The number of likely N-dealkylation sites (tertiary alicyclic amines) is 1. The first kappa shape index (κ1) is 19.5. The number of benzene rings is 1. The Morgan fingerprint density at radius 3 is 2.73 bits per heavy atom. The molecular weight excluding hydrogens is 326 g/mol. The zero-order valence-electron chi connectivity index (χ0n) is 13.0. The molecule has 1 aromatic rings. The molecule has 0 spiro atoms. The summed E-state index contributed by atoms with van der Waals surface area (Å²) in [6.45, 7) is 8.05. The maximum atomic E-state index is 12.9. The molecule has 0 aliphatic carbocycles. The van der Waals surface area contributed by atoms with E-state index in [1.54, 1.807) is 6.07 Å². The number of hydrogen-bond donors (Lipinski definition) is 1. The third-order valence-electron chi connectivity index (χ3n) is 3.95. The molecule has 1 aromatic carbocycles. The third kappa shape index (κ3) is 6.29. The van der Waals surface area contributed by atoms with Gasteiger partial charge in [-0.15, -0.1) is 12.4 Å². The first-order valence-corrected chi connectivity index (χ1v) is 8.07. The van der Waals surface area contributed by atoms with Crippen LogP contribution in [0.1, 0.15) is 19.8 Å². The smallest absolute Gasteiger partial charge is 0.138 e. The summed E-state index contributed by atoms with van der Waals surface area (Å²) in [5, 5.41) is 3.75. The van der Waals surface area contributed by atoms with E-state index in [-0.39, 0.29) is 18.2 Å². The van der Waals surface area contributed by atoms with Gasteiger partial charge in [0.05, 0.1) is 5.02 Å². The van der Waals surface area contributed by atoms with Gasteiger partial charge in [-0.3, -0.25) is 4.90 Å². The van der Waals surface area contributed by atoms with E-state index in [9.17, 15) is 4.39 Å². The molecule has 0 unspecified atom stereocenters. The Morgan fingerprint density at radius 1 is 1.36 bits per heavy atom. The minimum Gasteiger partial charge on any atom is -0.491 e. The van der Waals surface area contributed by atoms with Crippen LogP contribution in [-0.2, 0) is 0 Å². The standard InChI is InChI=1S/C16H24ClFN2O.ClH/c1-2-19-12-13-5-7-20(8-6-13)9-10-21-16-4-3-14(18)11-15(16)17;/h3-4,11,13,19H,2,5-10,12H2,1H3;1H. The molecule has 6 heteroatoms. The van der Waals surface area contributed by atoms with Gasteiger partial charge in [0.2, 0.25) is 0 Å². The summed E-state index contributed by atoms with van der Waals surface area (Å²) in [6, 6.07) is 4.23. The van der Waals surface area contributed by atoms with Gasteiger partial charge < -0.3 is 10.1 Å². The van der Waals surface area contributed by atoms with Crippen molar-refractivity contribution in [2.75, 3.05) is 39.3 Å². The Kier molecular flexibility index (Phi) is 9.10. The number of nitrogens with one attached hydrogen (secondary N) is 1. The maximum absolute atomic E-state index is 12.9. The van der Waals surface area contributed by atoms with E-state index in [0.717, 1.165) is 38.6 Å². The Hall–Kier alpha value is -0.550. The highest BCUT2D eigenvalue weighted by Gasteiger charge is 2.18. The first-order chi connectivity index (χ1) is 10.2. The molecule has 0 saturated carbocycles. The molecule has 0 aromatic heterocycles. The minimum atomic E-state index is -0.338. The van der Waals surface area contributed by atoms with Gasteiger partial charge in [0.25, 0.3) is 0 Å². The van der Waals surface area contributed by atoms with Gasteiger partial charge in [-0.1, -0.05) is 18.5 Å². The summed E-state index contributed by atoms with van der Waals surface area (Å²) in [5.74, 6) is 1.02. The number of hydrogen-bond acceptors (Lipinski definition) is 3. The molecule has 2 rings (SSSR count). The molecule has 1 aliphatic heterocycles. The van der Waals surface area contributed by atoms with Crippen LogP contribution in [0.25, 0.3) is 0 Å². The molecule has 0 amide bonds. The summed E-state index contributed by atoms with van der Waals surface area (Å²) in [7, 11) is 0. The fourth-order valence-electron chi connectivity index (χ4n) is 2.64. The molecule has 3 nitrogen and oxygen atoms in total. The van der Waals surface area contributed by atoms with Gasteiger partial charge in [0.1, 0.15) is 18.2 Å². The van der Waals surface area contributed by atoms with Crippen LogP contribution in [0.4, 0.5) is 4.39 Å². The average molecular weight is 351 g/mol. The monoisotopic (exact) mass is 350 g/mol. The van der Waals surface area contributed by atoms with Gasteiger partial charge in [-0.2, -0.15) is 0 Å². The van der Waals surface area contributed by atoms with Crippen LogP contribution in [0, 0.1) is 11.7 Å². The fourth-order valence-corrected chi connectivity index (χ4v) is 2.86. The highest BCUT2D eigenvalue weighted by molar-refractivity contribution is 6.32. The van der Waals surface area contributed by atoms with Crippen molar-refractivity contribution in [2.24, 2.45) is 5.92 Å². The van der Waals surface area contributed by atoms with Gasteiger partial charge in [-0.05, 0) is 63.1 Å². The van der Waals surface area contributed by atoms with E-state index < -0.39 is 0 Å². The molecule has 0 radical (unpaired) electrons. The zero-order chi connectivity index (χ0) is 15.1. The number of rotatable bonds is 7. The van der Waals surface area contributed by atoms with Crippen molar-refractivity contribution in [3.63, 3.8) is 0 Å². The Labute approximate surface area is 143 Å². The van der Waals surface area contributed by atoms with Gasteiger partial charge in [-0.25, -0.2) is 4.39 Å². The van der Waals surface area contributed by atoms with E-state index in [2.05, 4.69) is 17.1 Å². The van der Waals surface area contributed by atoms with Crippen molar-refractivity contribution < 1.29 is 9.13 Å². The Bertz CT molecular complexity index is 440. The van der Waals surface area contributed by atoms with Crippen molar-refractivity contribution in [3.05, 3.63) is 29.0 Å². The van der Waals surface area contributed by atoms with E-state index >= 15 is 0 Å². The maximum Gasteiger partial charge on any atom is 0.138 e. The zero-order valence-corrected chi connectivity index (χ0v) is 14.6. The second kappa shape index (κ2) is 10.3. The molecule has 1 saturated heterocycles. The SMILES string of the molecule is CCNCC1CCN(CCOc2ccc(F)cc2Cl)CC1.Cl. The number of halogens is 3. The largest absolute Gasteiger partial charge is 0.491 e. The van der Waals surface area contributed by atoms with Crippen LogP contribution in [0.3, 0.4) is 0 Å². The third-order valence-corrected chi connectivity index (χ3v) is 4.24. The van der Waals surface area contributed by atoms with Crippen molar-refractivity contribution >= 4 is 24.0 Å². The minimum absolute atomic E-state index is 0. The molecule has 1 N–H and O–H groups in total. The molecule has 0 bridgehead atoms. The summed E-state index contributed by atoms with van der Waals surface area (Å²) in [6.07, 6.45) is 2.48. The summed E-state index contributed by atoms with van der Waals surface area (Å²) < 4.78 is 18.6. The predicted molar refractivity (Wildman–Crippen MR) is 91.9 cm³/mol. The van der Waals surface area contributed by atoms with Crippen LogP contribution in [0.15, 0.2) is 18.2 Å². The van der Waals surface area contributed by atoms with E-state index in [1.807, 2.05) is 0 Å². The Balaban J connectivity index is 0.00000242. The number of ether oxygens (including phenoxy) is 1. The normalized spacial score (nSPS) is 16.3. The van der Waals surface area contributed by atoms with Crippen molar-refractivity contribution in [1.29, 1.82) is 0 Å². The molecular formula is C16H25Cl2FN2O. The lowest BCUT2D eigenvalue weighted by Crippen LogP contribution is -2.39. The first-order valence-electron chi connectivity index (χ1n) is 7.70. The van der Waals surface area contributed by atoms with Gasteiger partial charge in [0, 0.05) is 6.54 Å². The molecule has 126 valence electrons. The van der Waals surface area contributed by atoms with E-state index in [0.29, 0.717) is 17.4 Å². The number of piperidine rings is 1. The highest BCUT2D eigenvalue weighted by Crippen LogP contribution is 2.25. The van der Waals surface area contributed by atoms with E-state index in [1.165, 1.54) is 25.0 Å². The molecule has 1 fully saturated rings. The Morgan fingerprint density at radius 2 is 2.09 bits per heavy atom. The predicted octanol–water partition coefficient (Wildman–Crippen LogP) is 3.60. The topological polar surface area (TPSA) is 24.5 Å². The van der Waals surface area contributed by atoms with Crippen molar-refractivity contribution in [1.82, 2.24) is 10.2 Å². The lowest BCUT2D eigenvalue weighted by atomic mass is 9.97. The summed E-state index contributed by atoms with van der Waals surface area (Å²) in [4.78, 5) is 2.42. The van der Waals surface area contributed by atoms with Crippen molar-refractivity contribution in [2.45, 2.75) is 19.8 Å². The van der Waals surface area contributed by atoms with Crippen LogP contribution < -0.4 is 10.1 Å².